The predicted octanol–water partition coefficient (Wildman–Crippen LogP) is 6.63. The van der Waals surface area contributed by atoms with E-state index in [0.717, 1.165) is 79.3 Å². The Hall–Kier alpha value is -3.10. The molecule has 2 aromatic carbocycles. The largest absolute Gasteiger partial charge is 0.588 e. The fourth-order valence-corrected chi connectivity index (χ4v) is 5.91. The average Bonchev–Trinajstić information content (AvgIpc) is 3.54. The summed E-state index contributed by atoms with van der Waals surface area (Å²) in [5, 5.41) is 3.98. The van der Waals surface area contributed by atoms with Crippen LogP contribution in [0.3, 0.4) is 0 Å². The van der Waals surface area contributed by atoms with Gasteiger partial charge in [-0.25, -0.2) is 0 Å². The van der Waals surface area contributed by atoms with Crippen molar-refractivity contribution in [3.63, 3.8) is 0 Å². The summed E-state index contributed by atoms with van der Waals surface area (Å²) < 4.78 is 21.4. The maximum absolute atomic E-state index is 13.2. The molecule has 0 saturated heterocycles. The van der Waals surface area contributed by atoms with Crippen LogP contribution >= 0.6 is 0 Å². The van der Waals surface area contributed by atoms with Crippen LogP contribution in [0.5, 0.6) is 0 Å². The Balaban J connectivity index is 1.51. The summed E-state index contributed by atoms with van der Waals surface area (Å²) in [5.74, 6) is 2.20. The molecule has 1 unspecified atom stereocenters. The molecule has 1 saturated carbocycles. The Morgan fingerprint density at radius 3 is 2.53 bits per heavy atom. The molecule has 0 amide bonds. The number of hydrogen-bond donors (Lipinski definition) is 1. The summed E-state index contributed by atoms with van der Waals surface area (Å²) in [6.07, 6.45) is 7.89. The number of unbranched alkanes of at least 4 members (excludes halogenated alkanes) is 1. The summed E-state index contributed by atoms with van der Waals surface area (Å²) in [4.78, 5) is 19.8. The van der Waals surface area contributed by atoms with Gasteiger partial charge in [-0.15, -0.1) is 0 Å². The number of hydrogen-bond acceptors (Lipinski definition) is 6. The SMILES string of the molecule is CCCC/C(=N/C1(C=O)CCCC1)N(C)Cc1ccc(-c2ccccc2[S+]([O-])Nc2noc(C)c2C)cc1. The van der Waals surface area contributed by atoms with Crippen molar-refractivity contribution in [1.29, 1.82) is 0 Å². The van der Waals surface area contributed by atoms with Gasteiger partial charge in [0.25, 0.3) is 0 Å². The van der Waals surface area contributed by atoms with Gasteiger partial charge in [-0.05, 0) is 56.4 Å². The van der Waals surface area contributed by atoms with Crippen LogP contribution in [-0.4, -0.2) is 39.3 Å². The summed E-state index contributed by atoms with van der Waals surface area (Å²) in [6.45, 7) is 6.60. The number of aryl methyl sites for hydroxylation is 1. The zero-order valence-corrected chi connectivity index (χ0v) is 23.6. The second-order valence-electron chi connectivity index (χ2n) is 10.2. The number of anilines is 1. The lowest BCUT2D eigenvalue weighted by molar-refractivity contribution is -0.112. The molecule has 1 aromatic heterocycles. The van der Waals surface area contributed by atoms with E-state index in [1.807, 2.05) is 38.1 Å². The van der Waals surface area contributed by atoms with Gasteiger partial charge in [0.05, 0.1) is 0 Å². The maximum Gasteiger partial charge on any atom is 0.216 e. The Morgan fingerprint density at radius 2 is 1.89 bits per heavy atom. The zero-order valence-electron chi connectivity index (χ0n) is 22.8. The standard InChI is InChI=1S/C30H38N4O3S/c1-5-6-13-28(31-30(21-35)18-9-10-19-30)34(4)20-24-14-16-25(17-15-24)26-11-7-8-12-27(26)38(36)33-29-22(2)23(3)37-32-29/h7-8,11-12,14-17,21H,5-6,9-10,13,18-20H2,1-4H3,(H,32,33)/b31-28-. The van der Waals surface area contributed by atoms with Crippen molar-refractivity contribution in [1.82, 2.24) is 10.1 Å². The number of rotatable bonds is 11. The number of carbonyl (C=O) groups is 1. The minimum absolute atomic E-state index is 0.489. The number of nitrogens with zero attached hydrogens (tertiary/aromatic N) is 3. The minimum atomic E-state index is -1.50. The highest BCUT2D eigenvalue weighted by atomic mass is 32.2. The third-order valence-corrected chi connectivity index (χ3v) is 8.49. The van der Waals surface area contributed by atoms with E-state index in [4.69, 9.17) is 9.52 Å². The fourth-order valence-electron chi connectivity index (χ4n) is 4.84. The summed E-state index contributed by atoms with van der Waals surface area (Å²) in [7, 11) is 2.06. The Morgan fingerprint density at radius 1 is 1.18 bits per heavy atom. The molecular weight excluding hydrogens is 496 g/mol. The van der Waals surface area contributed by atoms with Gasteiger partial charge in [0.15, 0.2) is 4.90 Å². The van der Waals surface area contributed by atoms with Crippen LogP contribution < -0.4 is 4.72 Å². The van der Waals surface area contributed by atoms with Crippen molar-refractivity contribution in [3.8, 4) is 11.1 Å². The first kappa shape index (κ1) is 27.9. The van der Waals surface area contributed by atoms with Crippen molar-refractivity contribution in [3.05, 3.63) is 65.4 Å². The van der Waals surface area contributed by atoms with Crippen LogP contribution in [-0.2, 0) is 22.7 Å². The van der Waals surface area contributed by atoms with E-state index < -0.39 is 16.9 Å². The summed E-state index contributed by atoms with van der Waals surface area (Å²) >= 11 is -1.50. The lowest BCUT2D eigenvalue weighted by atomic mass is 10.0. The number of benzene rings is 2. The van der Waals surface area contributed by atoms with Gasteiger partial charge in [0.2, 0.25) is 5.82 Å². The molecule has 1 N–H and O–H groups in total. The molecule has 1 heterocycles. The van der Waals surface area contributed by atoms with Gasteiger partial charge in [-0.1, -0.05) is 67.7 Å². The topological polar surface area (TPSA) is 93.8 Å². The highest BCUT2D eigenvalue weighted by molar-refractivity contribution is 7.92. The van der Waals surface area contributed by atoms with Crippen molar-refractivity contribution >= 4 is 29.3 Å². The Labute approximate surface area is 229 Å². The molecular formula is C30H38N4O3S. The van der Waals surface area contributed by atoms with Crippen LogP contribution in [0.2, 0.25) is 0 Å². The second kappa shape index (κ2) is 12.6. The molecule has 0 aliphatic heterocycles. The highest BCUT2D eigenvalue weighted by Gasteiger charge is 2.34. The van der Waals surface area contributed by atoms with E-state index >= 15 is 0 Å². The molecule has 3 aromatic rings. The van der Waals surface area contributed by atoms with Crippen molar-refractivity contribution in [2.45, 2.75) is 82.7 Å². The van der Waals surface area contributed by atoms with E-state index in [0.29, 0.717) is 23.0 Å². The normalized spacial score (nSPS) is 15.9. The second-order valence-corrected chi connectivity index (χ2v) is 11.4. The number of amidine groups is 1. The quantitative estimate of drug-likeness (QED) is 0.128. The lowest BCUT2D eigenvalue weighted by Crippen LogP contribution is -2.33. The molecule has 1 aliphatic rings. The molecule has 0 bridgehead atoms. The molecule has 1 atom stereocenters. The van der Waals surface area contributed by atoms with Crippen LogP contribution in [0.15, 0.2) is 62.9 Å². The Kier molecular flexibility index (Phi) is 9.28. The van der Waals surface area contributed by atoms with E-state index in [-0.39, 0.29) is 0 Å². The molecule has 1 fully saturated rings. The van der Waals surface area contributed by atoms with Crippen LogP contribution in [0.25, 0.3) is 11.1 Å². The average molecular weight is 535 g/mol. The smallest absolute Gasteiger partial charge is 0.216 e. The molecule has 8 heteroatoms. The predicted molar refractivity (Wildman–Crippen MR) is 154 cm³/mol. The van der Waals surface area contributed by atoms with Crippen molar-refractivity contribution in [2.75, 3.05) is 11.8 Å². The molecule has 1 aliphatic carbocycles. The van der Waals surface area contributed by atoms with Gasteiger partial charge in [0, 0.05) is 31.1 Å². The molecule has 0 spiro atoms. The van der Waals surface area contributed by atoms with Crippen LogP contribution in [0.4, 0.5) is 5.82 Å². The number of nitrogens with one attached hydrogen (secondary N) is 1. The zero-order chi connectivity index (χ0) is 27.1. The van der Waals surface area contributed by atoms with Crippen molar-refractivity contribution in [2.24, 2.45) is 4.99 Å². The number of aliphatic imine (C=N–C) groups is 1. The van der Waals surface area contributed by atoms with E-state index in [1.54, 1.807) is 0 Å². The number of aromatic nitrogens is 1. The van der Waals surface area contributed by atoms with Gasteiger partial charge < -0.3 is 18.8 Å². The van der Waals surface area contributed by atoms with E-state index in [1.165, 1.54) is 0 Å². The number of carbonyl (C=O) groups excluding carboxylic acids is 1. The molecule has 7 nitrogen and oxygen atoms in total. The minimum Gasteiger partial charge on any atom is -0.588 e. The molecule has 38 heavy (non-hydrogen) atoms. The Bertz CT molecular complexity index is 1250. The first-order valence-electron chi connectivity index (χ1n) is 13.4. The van der Waals surface area contributed by atoms with E-state index in [2.05, 4.69) is 53.0 Å². The van der Waals surface area contributed by atoms with Crippen LogP contribution in [0.1, 0.15) is 68.8 Å². The lowest BCUT2D eigenvalue weighted by Gasteiger charge is -2.26. The molecule has 4 rings (SSSR count). The third-order valence-electron chi connectivity index (χ3n) is 7.35. The van der Waals surface area contributed by atoms with Crippen molar-refractivity contribution < 1.29 is 13.9 Å². The third kappa shape index (κ3) is 6.48. The first-order valence-corrected chi connectivity index (χ1v) is 14.6. The molecule has 202 valence electrons. The summed E-state index contributed by atoms with van der Waals surface area (Å²) in [6, 6.07) is 16.0. The van der Waals surface area contributed by atoms with Crippen LogP contribution in [0, 0.1) is 13.8 Å². The fraction of sp³-hybridized carbons (Fsp3) is 0.433. The number of aldehydes is 1. The van der Waals surface area contributed by atoms with Gasteiger partial charge in [-0.2, -0.15) is 4.72 Å². The van der Waals surface area contributed by atoms with Gasteiger partial charge >= 0.3 is 0 Å². The van der Waals surface area contributed by atoms with E-state index in [9.17, 15) is 9.35 Å². The van der Waals surface area contributed by atoms with Gasteiger partial charge in [0.1, 0.15) is 34.8 Å². The van der Waals surface area contributed by atoms with Gasteiger partial charge in [-0.3, -0.25) is 4.99 Å². The maximum atomic E-state index is 13.2. The highest BCUT2D eigenvalue weighted by Crippen LogP contribution is 2.33. The molecule has 0 radical (unpaired) electrons. The first-order chi connectivity index (χ1) is 18.4. The summed E-state index contributed by atoms with van der Waals surface area (Å²) in [5.41, 5.74) is 3.34. The monoisotopic (exact) mass is 534 g/mol.